The summed E-state index contributed by atoms with van der Waals surface area (Å²) >= 11 is 0. The number of halogens is 1. The van der Waals surface area contributed by atoms with Crippen molar-refractivity contribution in [3.8, 4) is 11.1 Å². The van der Waals surface area contributed by atoms with Crippen molar-refractivity contribution in [1.82, 2.24) is 14.3 Å². The lowest BCUT2D eigenvalue weighted by atomic mass is 9.98. The number of nitrogens with one attached hydrogen (secondary N) is 1. The van der Waals surface area contributed by atoms with Crippen LogP contribution in [0.25, 0.3) is 22.9 Å². The number of ether oxygens (including phenoxy) is 1. The maximum Gasteiger partial charge on any atom is 0.282 e. The third-order valence-corrected chi connectivity index (χ3v) is 5.74. The molecule has 0 spiro atoms. The number of amidine groups is 1. The molecule has 1 aromatic carbocycles. The maximum atomic E-state index is 13.7. The van der Waals surface area contributed by atoms with E-state index in [4.69, 9.17) is 10.1 Å². The van der Waals surface area contributed by atoms with Gasteiger partial charge in [-0.25, -0.2) is 4.98 Å². The summed E-state index contributed by atoms with van der Waals surface area (Å²) in [5, 5.41) is 7.45. The van der Waals surface area contributed by atoms with Crippen LogP contribution in [-0.2, 0) is 4.74 Å². The van der Waals surface area contributed by atoms with Gasteiger partial charge in [-0.15, -0.1) is 0 Å². The van der Waals surface area contributed by atoms with Crippen LogP contribution in [0.4, 0.5) is 10.1 Å². The molecular weight excluding hydrogens is 405 g/mol. The Morgan fingerprint density at radius 3 is 2.66 bits per heavy atom. The van der Waals surface area contributed by atoms with E-state index in [0.717, 1.165) is 46.7 Å². The van der Waals surface area contributed by atoms with Gasteiger partial charge in [0.05, 0.1) is 18.9 Å². The molecule has 1 aliphatic heterocycles. The molecule has 1 fully saturated rings. The fourth-order valence-corrected chi connectivity index (χ4v) is 4.00. The van der Waals surface area contributed by atoms with Gasteiger partial charge in [0.1, 0.15) is 0 Å². The van der Waals surface area contributed by atoms with E-state index in [2.05, 4.69) is 45.6 Å². The molecule has 0 amide bonds. The quantitative estimate of drug-likeness (QED) is 0.351. The highest BCUT2D eigenvalue weighted by Crippen LogP contribution is 2.31. The highest BCUT2D eigenvalue weighted by molar-refractivity contribution is 5.80. The number of fused-ring (bicyclic) bond motifs is 1. The molecule has 1 saturated heterocycles. The van der Waals surface area contributed by atoms with Crippen molar-refractivity contribution >= 4 is 23.5 Å². The summed E-state index contributed by atoms with van der Waals surface area (Å²) in [6.07, 6.45) is 8.40. The Hall–Kier alpha value is -3.19. The minimum absolute atomic E-state index is 0.518. The number of imidazole rings is 1. The first-order chi connectivity index (χ1) is 15.2. The molecule has 1 N–H and O–H groups in total. The fraction of sp³-hybridized carbons (Fsp3) is 0.360. The largest absolute Gasteiger partial charge is 0.378 e. The number of anilines is 1. The smallest absolute Gasteiger partial charge is 0.282 e. The van der Waals surface area contributed by atoms with Gasteiger partial charge in [0, 0.05) is 49.0 Å². The first-order valence-corrected chi connectivity index (χ1v) is 10.9. The van der Waals surface area contributed by atoms with Gasteiger partial charge in [-0.3, -0.25) is 5.41 Å². The van der Waals surface area contributed by atoms with Gasteiger partial charge in [-0.2, -0.15) is 4.39 Å². The molecular formula is C25H30FN5O. The zero-order valence-electron chi connectivity index (χ0n) is 19.1. The summed E-state index contributed by atoms with van der Waals surface area (Å²) in [7, 11) is 0. The molecule has 4 rings (SSSR count). The van der Waals surface area contributed by atoms with Crippen LogP contribution in [0.2, 0.25) is 0 Å². The standard InChI is InChI=1S/C25H30FN5O/c1-18-5-6-19(7-9-31(24(26)27)25(2,3)4)15-21(18)20-16-22(29-11-13-32-14-12-29)23-28-8-10-30(23)17-20/h5-10,15-17,27H,11-14H2,1-4H3/b9-7+,27-24?. The van der Waals surface area contributed by atoms with Crippen molar-refractivity contribution in [2.24, 2.45) is 0 Å². The van der Waals surface area contributed by atoms with E-state index in [1.54, 1.807) is 6.20 Å². The van der Waals surface area contributed by atoms with Gasteiger partial charge < -0.3 is 18.9 Å². The Labute approximate surface area is 188 Å². The zero-order chi connectivity index (χ0) is 22.9. The number of hydrogen-bond donors (Lipinski definition) is 1. The van der Waals surface area contributed by atoms with Gasteiger partial charge in [-0.1, -0.05) is 12.1 Å². The van der Waals surface area contributed by atoms with Gasteiger partial charge in [0.25, 0.3) is 6.09 Å². The van der Waals surface area contributed by atoms with Gasteiger partial charge >= 0.3 is 0 Å². The van der Waals surface area contributed by atoms with Crippen molar-refractivity contribution in [2.45, 2.75) is 33.2 Å². The van der Waals surface area contributed by atoms with Crippen LogP contribution in [0.3, 0.4) is 0 Å². The van der Waals surface area contributed by atoms with Crippen molar-refractivity contribution in [3.05, 3.63) is 60.2 Å². The van der Waals surface area contributed by atoms with Crippen LogP contribution >= 0.6 is 0 Å². The summed E-state index contributed by atoms with van der Waals surface area (Å²) in [6.45, 7) is 10.8. The Bertz CT molecular complexity index is 1150. The maximum absolute atomic E-state index is 13.7. The van der Waals surface area contributed by atoms with E-state index < -0.39 is 11.6 Å². The Morgan fingerprint density at radius 2 is 1.97 bits per heavy atom. The molecule has 0 aliphatic carbocycles. The van der Waals surface area contributed by atoms with Crippen molar-refractivity contribution < 1.29 is 9.13 Å². The number of aromatic nitrogens is 2. The lowest BCUT2D eigenvalue weighted by Gasteiger charge is -2.31. The van der Waals surface area contributed by atoms with E-state index in [-0.39, 0.29) is 0 Å². The number of aryl methyl sites for hydroxylation is 1. The highest BCUT2D eigenvalue weighted by atomic mass is 19.1. The Morgan fingerprint density at radius 1 is 1.22 bits per heavy atom. The number of nitrogens with zero attached hydrogens (tertiary/aromatic N) is 4. The third-order valence-electron chi connectivity index (χ3n) is 5.74. The van der Waals surface area contributed by atoms with Crippen LogP contribution in [0.5, 0.6) is 0 Å². The molecule has 1 aliphatic rings. The molecule has 2 aromatic heterocycles. The number of rotatable bonds is 4. The van der Waals surface area contributed by atoms with Crippen molar-refractivity contribution in [2.75, 3.05) is 31.2 Å². The molecule has 6 nitrogen and oxygen atoms in total. The Kier molecular flexibility index (Phi) is 6.02. The summed E-state index contributed by atoms with van der Waals surface area (Å²) in [6, 6.07) is 8.39. The second-order valence-corrected chi connectivity index (χ2v) is 9.09. The summed E-state index contributed by atoms with van der Waals surface area (Å²) in [5.41, 5.74) is 5.81. The van der Waals surface area contributed by atoms with Crippen LogP contribution < -0.4 is 4.90 Å². The van der Waals surface area contributed by atoms with E-state index in [1.807, 2.05) is 45.3 Å². The first-order valence-electron chi connectivity index (χ1n) is 10.9. The van der Waals surface area contributed by atoms with Crippen molar-refractivity contribution in [3.63, 3.8) is 0 Å². The molecule has 0 bridgehead atoms. The van der Waals surface area contributed by atoms with Gasteiger partial charge in [-0.05, 0) is 62.6 Å². The average Bonchev–Trinajstić information content (AvgIpc) is 3.22. The lowest BCUT2D eigenvalue weighted by Crippen LogP contribution is -2.39. The third kappa shape index (κ3) is 4.53. The number of benzene rings is 1. The molecule has 0 atom stereocenters. The van der Waals surface area contributed by atoms with Crippen LogP contribution in [0.1, 0.15) is 31.9 Å². The predicted molar refractivity (Wildman–Crippen MR) is 128 cm³/mol. The molecule has 3 heterocycles. The second-order valence-electron chi connectivity index (χ2n) is 9.09. The second kappa shape index (κ2) is 8.74. The number of pyridine rings is 1. The first kappa shape index (κ1) is 22.0. The van der Waals surface area contributed by atoms with E-state index in [1.165, 1.54) is 4.90 Å². The molecule has 168 valence electrons. The predicted octanol–water partition coefficient (Wildman–Crippen LogP) is 5.12. The van der Waals surface area contributed by atoms with Crippen LogP contribution in [0, 0.1) is 12.3 Å². The molecule has 0 saturated carbocycles. The lowest BCUT2D eigenvalue weighted by molar-refractivity contribution is 0.123. The van der Waals surface area contributed by atoms with E-state index in [9.17, 15) is 4.39 Å². The number of hydrogen-bond acceptors (Lipinski definition) is 4. The van der Waals surface area contributed by atoms with E-state index >= 15 is 0 Å². The topological polar surface area (TPSA) is 56.9 Å². The molecule has 0 radical (unpaired) electrons. The highest BCUT2D eigenvalue weighted by Gasteiger charge is 2.22. The minimum Gasteiger partial charge on any atom is -0.378 e. The SMILES string of the molecule is Cc1ccc(/C=C/N(C(=N)F)C(C)(C)C)cc1-c1cc(N2CCOCC2)c2nccn2c1. The molecule has 0 unspecified atom stereocenters. The summed E-state index contributed by atoms with van der Waals surface area (Å²) in [4.78, 5) is 8.21. The van der Waals surface area contributed by atoms with Crippen LogP contribution in [0.15, 0.2) is 49.1 Å². The Balaban J connectivity index is 1.74. The minimum atomic E-state index is -0.971. The summed E-state index contributed by atoms with van der Waals surface area (Å²) in [5.74, 6) is 0. The van der Waals surface area contributed by atoms with E-state index in [0.29, 0.717) is 13.2 Å². The molecule has 32 heavy (non-hydrogen) atoms. The molecule has 7 heteroatoms. The zero-order valence-corrected chi connectivity index (χ0v) is 19.1. The van der Waals surface area contributed by atoms with Gasteiger partial charge in [0.2, 0.25) is 0 Å². The summed E-state index contributed by atoms with van der Waals surface area (Å²) < 4.78 is 21.3. The number of morpholine rings is 1. The average molecular weight is 436 g/mol. The molecule has 3 aromatic rings. The fourth-order valence-electron chi connectivity index (χ4n) is 4.00. The van der Waals surface area contributed by atoms with Crippen LogP contribution in [-0.4, -0.2) is 52.2 Å². The van der Waals surface area contributed by atoms with Gasteiger partial charge in [0.15, 0.2) is 5.65 Å². The normalized spacial score (nSPS) is 15.0. The van der Waals surface area contributed by atoms with Crippen molar-refractivity contribution in [1.29, 1.82) is 5.41 Å². The monoisotopic (exact) mass is 435 g/mol.